The van der Waals surface area contributed by atoms with E-state index in [1.54, 1.807) is 9.08 Å². The van der Waals surface area contributed by atoms with Gasteiger partial charge in [0.2, 0.25) is 5.65 Å². The molecule has 0 aliphatic carbocycles. The highest BCUT2D eigenvalue weighted by molar-refractivity contribution is 6.30. The molecule has 1 aromatic carbocycles. The molecule has 130 valence electrons. The van der Waals surface area contributed by atoms with Crippen LogP contribution in [0, 0.1) is 0 Å². The lowest BCUT2D eigenvalue weighted by Gasteiger charge is -2.28. The van der Waals surface area contributed by atoms with Crippen molar-refractivity contribution in [3.8, 4) is 0 Å². The predicted octanol–water partition coefficient (Wildman–Crippen LogP) is 2.08. The van der Waals surface area contributed by atoms with Gasteiger partial charge in [0.1, 0.15) is 5.82 Å². The van der Waals surface area contributed by atoms with Crippen LogP contribution in [0.4, 0.5) is 0 Å². The molecular weight excluding hydrogens is 340 g/mol. The largest absolute Gasteiger partial charge is 0.299 e. The standard InChI is InChI=1S/C17H19ClN6O/c1-11(2)15-19-20-16-17(25)23-8-7-22(10-14(23)21-24(15)16)9-12-3-5-13(18)6-4-12/h3-6,11H,7-10H2,1-2H3. The molecule has 2 aromatic heterocycles. The Morgan fingerprint density at radius 3 is 2.64 bits per heavy atom. The van der Waals surface area contributed by atoms with Gasteiger partial charge in [0.25, 0.3) is 5.56 Å². The number of hydrogen-bond acceptors (Lipinski definition) is 5. The average molecular weight is 359 g/mol. The fourth-order valence-electron chi connectivity index (χ4n) is 3.14. The van der Waals surface area contributed by atoms with E-state index < -0.39 is 0 Å². The smallest absolute Gasteiger partial charge is 0.290 e. The van der Waals surface area contributed by atoms with E-state index in [4.69, 9.17) is 11.6 Å². The van der Waals surface area contributed by atoms with Crippen LogP contribution in [0.15, 0.2) is 29.1 Å². The van der Waals surface area contributed by atoms with E-state index in [0.29, 0.717) is 24.6 Å². The lowest BCUT2D eigenvalue weighted by Crippen LogP contribution is -2.40. The van der Waals surface area contributed by atoms with Crippen molar-refractivity contribution >= 4 is 17.2 Å². The molecule has 0 saturated carbocycles. The molecular formula is C17H19ClN6O. The van der Waals surface area contributed by atoms with Crippen molar-refractivity contribution in [1.82, 2.24) is 29.3 Å². The molecule has 8 heteroatoms. The van der Waals surface area contributed by atoms with Crippen molar-refractivity contribution in [3.05, 3.63) is 56.9 Å². The normalized spacial score (nSPS) is 15.0. The van der Waals surface area contributed by atoms with Gasteiger partial charge >= 0.3 is 0 Å². The van der Waals surface area contributed by atoms with Crippen LogP contribution < -0.4 is 5.56 Å². The zero-order chi connectivity index (χ0) is 17.6. The molecule has 7 nitrogen and oxygen atoms in total. The highest BCUT2D eigenvalue weighted by Gasteiger charge is 2.23. The van der Waals surface area contributed by atoms with Crippen LogP contribution in [-0.2, 0) is 19.6 Å². The summed E-state index contributed by atoms with van der Waals surface area (Å²) in [7, 11) is 0. The minimum Gasteiger partial charge on any atom is -0.290 e. The van der Waals surface area contributed by atoms with Gasteiger partial charge in [-0.2, -0.15) is 4.52 Å². The molecule has 4 rings (SSSR count). The molecule has 0 saturated heterocycles. The second kappa shape index (κ2) is 6.24. The lowest BCUT2D eigenvalue weighted by molar-refractivity contribution is 0.201. The first-order valence-electron chi connectivity index (χ1n) is 8.35. The van der Waals surface area contributed by atoms with Gasteiger partial charge in [-0.15, -0.1) is 15.3 Å². The van der Waals surface area contributed by atoms with Gasteiger partial charge in [0.15, 0.2) is 5.82 Å². The van der Waals surface area contributed by atoms with Crippen molar-refractivity contribution in [2.45, 2.75) is 39.4 Å². The minimum atomic E-state index is -0.115. The number of fused-ring (bicyclic) bond motifs is 2. The quantitative estimate of drug-likeness (QED) is 0.717. The summed E-state index contributed by atoms with van der Waals surface area (Å²) in [6.07, 6.45) is 0. The molecule has 25 heavy (non-hydrogen) atoms. The Labute approximate surface area is 149 Å². The van der Waals surface area contributed by atoms with Crippen molar-refractivity contribution in [2.75, 3.05) is 6.54 Å². The summed E-state index contributed by atoms with van der Waals surface area (Å²) in [6.45, 7) is 6.84. The van der Waals surface area contributed by atoms with E-state index in [1.807, 2.05) is 38.1 Å². The zero-order valence-corrected chi connectivity index (χ0v) is 14.9. The van der Waals surface area contributed by atoms with Gasteiger partial charge in [0, 0.05) is 30.6 Å². The summed E-state index contributed by atoms with van der Waals surface area (Å²) < 4.78 is 3.32. The van der Waals surface area contributed by atoms with Crippen LogP contribution in [0.5, 0.6) is 0 Å². The Morgan fingerprint density at radius 1 is 1.16 bits per heavy atom. The number of aromatic nitrogens is 5. The molecule has 0 unspecified atom stereocenters. The van der Waals surface area contributed by atoms with Crippen LogP contribution in [0.1, 0.15) is 37.0 Å². The van der Waals surface area contributed by atoms with Crippen molar-refractivity contribution in [3.63, 3.8) is 0 Å². The van der Waals surface area contributed by atoms with Gasteiger partial charge in [0.05, 0.1) is 6.54 Å². The van der Waals surface area contributed by atoms with Crippen LogP contribution in [0.2, 0.25) is 5.02 Å². The summed E-state index contributed by atoms with van der Waals surface area (Å²) in [5.74, 6) is 1.61. The van der Waals surface area contributed by atoms with Gasteiger partial charge in [-0.05, 0) is 17.7 Å². The Hall–Kier alpha value is -2.25. The molecule has 0 amide bonds. The van der Waals surface area contributed by atoms with Crippen LogP contribution >= 0.6 is 11.6 Å². The van der Waals surface area contributed by atoms with Gasteiger partial charge in [-0.3, -0.25) is 14.3 Å². The van der Waals surface area contributed by atoms with Crippen LogP contribution in [0.3, 0.4) is 0 Å². The Morgan fingerprint density at radius 2 is 1.92 bits per heavy atom. The molecule has 3 heterocycles. The first-order valence-corrected chi connectivity index (χ1v) is 8.72. The molecule has 0 radical (unpaired) electrons. The molecule has 0 spiro atoms. The van der Waals surface area contributed by atoms with E-state index in [2.05, 4.69) is 20.2 Å². The Balaban J connectivity index is 1.66. The molecule has 3 aromatic rings. The summed E-state index contributed by atoms with van der Waals surface area (Å²) in [5, 5.41) is 13.6. The maximum atomic E-state index is 12.7. The van der Waals surface area contributed by atoms with Crippen LogP contribution in [0.25, 0.3) is 5.65 Å². The number of hydrogen-bond donors (Lipinski definition) is 0. The summed E-state index contributed by atoms with van der Waals surface area (Å²) in [4.78, 5) is 15.0. The van der Waals surface area contributed by atoms with Gasteiger partial charge in [-0.1, -0.05) is 37.6 Å². The Bertz CT molecular complexity index is 975. The van der Waals surface area contributed by atoms with E-state index in [9.17, 15) is 4.79 Å². The zero-order valence-electron chi connectivity index (χ0n) is 14.2. The monoisotopic (exact) mass is 358 g/mol. The first kappa shape index (κ1) is 16.2. The predicted molar refractivity (Wildman–Crippen MR) is 94.7 cm³/mol. The topological polar surface area (TPSA) is 68.3 Å². The van der Waals surface area contributed by atoms with Gasteiger partial charge < -0.3 is 0 Å². The average Bonchev–Trinajstić information content (AvgIpc) is 3.01. The minimum absolute atomic E-state index is 0.115. The summed E-state index contributed by atoms with van der Waals surface area (Å²) in [6, 6.07) is 7.84. The third kappa shape index (κ3) is 2.94. The SMILES string of the molecule is CC(C)c1nnc2c(=O)n3c(nn12)CN(Cc1ccc(Cl)cc1)CC3. The maximum Gasteiger partial charge on any atom is 0.299 e. The van der Waals surface area contributed by atoms with Crippen molar-refractivity contribution in [2.24, 2.45) is 0 Å². The van der Waals surface area contributed by atoms with E-state index in [1.165, 1.54) is 5.56 Å². The second-order valence-electron chi connectivity index (χ2n) is 6.66. The highest BCUT2D eigenvalue weighted by Crippen LogP contribution is 2.16. The molecule has 0 fully saturated rings. The first-order chi connectivity index (χ1) is 12.0. The Kier molecular flexibility index (Phi) is 4.05. The fourth-order valence-corrected chi connectivity index (χ4v) is 3.27. The van der Waals surface area contributed by atoms with E-state index in [0.717, 1.165) is 23.9 Å². The van der Waals surface area contributed by atoms with E-state index in [-0.39, 0.29) is 11.5 Å². The molecule has 0 bridgehead atoms. The summed E-state index contributed by atoms with van der Waals surface area (Å²) in [5.41, 5.74) is 1.38. The lowest BCUT2D eigenvalue weighted by atomic mass is 10.2. The molecule has 0 N–H and O–H groups in total. The third-order valence-electron chi connectivity index (χ3n) is 4.47. The number of nitrogens with zero attached hydrogens (tertiary/aromatic N) is 6. The van der Waals surface area contributed by atoms with Crippen molar-refractivity contribution in [1.29, 1.82) is 0 Å². The molecule has 1 aliphatic rings. The second-order valence-corrected chi connectivity index (χ2v) is 7.09. The third-order valence-corrected chi connectivity index (χ3v) is 4.72. The number of rotatable bonds is 3. The highest BCUT2D eigenvalue weighted by atomic mass is 35.5. The van der Waals surface area contributed by atoms with E-state index >= 15 is 0 Å². The number of halogens is 1. The summed E-state index contributed by atoms with van der Waals surface area (Å²) >= 11 is 5.95. The molecule has 0 atom stereocenters. The number of benzene rings is 1. The molecule has 1 aliphatic heterocycles. The van der Waals surface area contributed by atoms with Crippen LogP contribution in [-0.4, -0.2) is 35.8 Å². The maximum absolute atomic E-state index is 12.7. The van der Waals surface area contributed by atoms with Crippen molar-refractivity contribution < 1.29 is 0 Å². The fraction of sp³-hybridized carbons (Fsp3) is 0.412. The van der Waals surface area contributed by atoms with Gasteiger partial charge in [-0.25, -0.2) is 0 Å².